The molecule has 3 rings (SSSR count). The summed E-state index contributed by atoms with van der Waals surface area (Å²) in [6.07, 6.45) is 2.13. The molecular weight excluding hydrogens is 352 g/mol. The van der Waals surface area contributed by atoms with Gasteiger partial charge in [-0.15, -0.1) is 0 Å². The van der Waals surface area contributed by atoms with Crippen molar-refractivity contribution in [3.8, 4) is 5.75 Å². The largest absolute Gasteiger partial charge is 0.492 e. The van der Waals surface area contributed by atoms with E-state index in [1.54, 1.807) is 0 Å². The Balaban J connectivity index is 1.38. The lowest BCUT2D eigenvalue weighted by molar-refractivity contribution is -0.148. The first-order chi connectivity index (χ1) is 12.5. The highest BCUT2D eigenvalue weighted by molar-refractivity contribution is 6.30. The van der Waals surface area contributed by atoms with Crippen molar-refractivity contribution in [1.82, 2.24) is 9.80 Å². The van der Waals surface area contributed by atoms with Gasteiger partial charge in [0.1, 0.15) is 12.4 Å². The second-order valence-corrected chi connectivity index (χ2v) is 7.86. The van der Waals surface area contributed by atoms with Crippen molar-refractivity contribution in [2.24, 2.45) is 5.92 Å². The fourth-order valence-corrected chi connectivity index (χ4v) is 3.97. The summed E-state index contributed by atoms with van der Waals surface area (Å²) in [7, 11) is 0. The highest BCUT2D eigenvalue weighted by atomic mass is 35.5. The molecule has 0 bridgehead atoms. The summed E-state index contributed by atoms with van der Waals surface area (Å²) in [5, 5.41) is 0.716. The molecule has 0 saturated carbocycles. The fourth-order valence-electron chi connectivity index (χ4n) is 3.84. The topological polar surface area (TPSA) is 42.0 Å². The maximum atomic E-state index is 12.8. The normalized spacial score (nSPS) is 25.3. The second kappa shape index (κ2) is 9.07. The third kappa shape index (κ3) is 5.35. The Kier molecular flexibility index (Phi) is 6.79. The van der Waals surface area contributed by atoms with Gasteiger partial charge < -0.3 is 14.4 Å². The number of rotatable bonds is 5. The number of hydrogen-bond acceptors (Lipinski definition) is 4. The molecule has 6 heteroatoms. The van der Waals surface area contributed by atoms with Gasteiger partial charge in [-0.05, 0) is 64.0 Å². The molecule has 1 amide bonds. The van der Waals surface area contributed by atoms with Gasteiger partial charge in [0, 0.05) is 30.6 Å². The number of nitrogens with zero attached hydrogens (tertiary/aromatic N) is 2. The van der Waals surface area contributed by atoms with Gasteiger partial charge in [0.25, 0.3) is 0 Å². The van der Waals surface area contributed by atoms with Gasteiger partial charge in [0.05, 0.1) is 12.2 Å². The van der Waals surface area contributed by atoms with Gasteiger partial charge >= 0.3 is 0 Å². The summed E-state index contributed by atoms with van der Waals surface area (Å²) in [6, 6.07) is 7.44. The zero-order valence-electron chi connectivity index (χ0n) is 15.7. The van der Waals surface area contributed by atoms with Crippen LogP contribution in [-0.2, 0) is 9.53 Å². The predicted octanol–water partition coefficient (Wildman–Crippen LogP) is 3.07. The Morgan fingerprint density at radius 1 is 1.15 bits per heavy atom. The van der Waals surface area contributed by atoms with Gasteiger partial charge in [-0.25, -0.2) is 0 Å². The quantitative estimate of drug-likeness (QED) is 0.787. The number of hydrogen-bond donors (Lipinski definition) is 0. The van der Waals surface area contributed by atoms with E-state index in [0.717, 1.165) is 51.3 Å². The molecule has 5 nitrogen and oxygen atoms in total. The van der Waals surface area contributed by atoms with Crippen LogP contribution in [0.1, 0.15) is 26.7 Å². The highest BCUT2D eigenvalue weighted by Gasteiger charge is 2.32. The number of piperidine rings is 1. The first-order valence-electron chi connectivity index (χ1n) is 9.56. The Labute approximate surface area is 161 Å². The number of carbonyl (C=O) groups is 1. The highest BCUT2D eigenvalue weighted by Crippen LogP contribution is 2.22. The molecule has 2 atom stereocenters. The van der Waals surface area contributed by atoms with Crippen LogP contribution < -0.4 is 4.74 Å². The van der Waals surface area contributed by atoms with Crippen molar-refractivity contribution >= 4 is 17.5 Å². The van der Waals surface area contributed by atoms with E-state index in [-0.39, 0.29) is 18.1 Å². The van der Waals surface area contributed by atoms with Gasteiger partial charge in [0.2, 0.25) is 5.91 Å². The minimum absolute atomic E-state index is 0.132. The van der Waals surface area contributed by atoms with Gasteiger partial charge in [0.15, 0.2) is 0 Å². The van der Waals surface area contributed by atoms with Crippen LogP contribution in [0.5, 0.6) is 5.75 Å². The molecule has 2 fully saturated rings. The number of benzene rings is 1. The van der Waals surface area contributed by atoms with Crippen molar-refractivity contribution in [2.75, 3.05) is 39.3 Å². The number of halogens is 1. The van der Waals surface area contributed by atoms with E-state index in [1.807, 2.05) is 43.0 Å². The van der Waals surface area contributed by atoms with Crippen LogP contribution in [0.2, 0.25) is 5.02 Å². The number of amides is 1. The van der Waals surface area contributed by atoms with E-state index in [1.165, 1.54) is 0 Å². The molecule has 0 spiro atoms. The second-order valence-electron chi connectivity index (χ2n) is 7.42. The summed E-state index contributed by atoms with van der Waals surface area (Å²) in [4.78, 5) is 17.2. The average molecular weight is 381 g/mol. The van der Waals surface area contributed by atoms with Crippen LogP contribution in [0.3, 0.4) is 0 Å². The van der Waals surface area contributed by atoms with Crippen molar-refractivity contribution < 1.29 is 14.3 Å². The van der Waals surface area contributed by atoms with Crippen LogP contribution in [0, 0.1) is 5.92 Å². The van der Waals surface area contributed by atoms with E-state index < -0.39 is 0 Å². The first kappa shape index (κ1) is 19.5. The molecule has 26 heavy (non-hydrogen) atoms. The van der Waals surface area contributed by atoms with Crippen molar-refractivity contribution in [2.45, 2.75) is 38.9 Å². The summed E-state index contributed by atoms with van der Waals surface area (Å²) in [5.41, 5.74) is 0. The van der Waals surface area contributed by atoms with E-state index in [2.05, 4.69) is 4.90 Å². The molecule has 1 aromatic carbocycles. The molecule has 0 unspecified atom stereocenters. The fraction of sp³-hybridized carbons (Fsp3) is 0.650. The molecule has 0 radical (unpaired) electrons. The molecule has 0 aromatic heterocycles. The van der Waals surface area contributed by atoms with Crippen molar-refractivity contribution in [3.05, 3.63) is 29.3 Å². The number of ether oxygens (including phenoxy) is 2. The maximum Gasteiger partial charge on any atom is 0.225 e. The SMILES string of the molecule is C[C@@H]1CN(C(=O)C2CCN(CCOc3ccc(Cl)cc3)CC2)C[C@H](C)O1. The number of carbonyl (C=O) groups excluding carboxylic acids is 1. The van der Waals surface area contributed by atoms with Gasteiger partial charge in [-0.3, -0.25) is 9.69 Å². The molecule has 0 aliphatic carbocycles. The first-order valence-corrected chi connectivity index (χ1v) is 9.94. The molecule has 144 valence electrons. The van der Waals surface area contributed by atoms with E-state index in [0.29, 0.717) is 17.5 Å². The number of morpholine rings is 1. The molecule has 2 heterocycles. The Hall–Kier alpha value is -1.30. The zero-order valence-corrected chi connectivity index (χ0v) is 16.5. The van der Waals surface area contributed by atoms with E-state index >= 15 is 0 Å². The number of likely N-dealkylation sites (tertiary alicyclic amines) is 1. The summed E-state index contributed by atoms with van der Waals surface area (Å²) in [6.45, 7) is 8.97. The van der Waals surface area contributed by atoms with E-state index in [9.17, 15) is 4.79 Å². The molecular formula is C20H29ClN2O3. The van der Waals surface area contributed by atoms with Crippen LogP contribution in [0.4, 0.5) is 0 Å². The Morgan fingerprint density at radius 3 is 2.38 bits per heavy atom. The standard InChI is InChI=1S/C20H29ClN2O3/c1-15-13-23(14-16(2)26-15)20(24)17-7-9-22(10-8-17)11-12-25-19-5-3-18(21)4-6-19/h3-6,15-17H,7-14H2,1-2H3/t15-,16+. The van der Waals surface area contributed by atoms with Crippen molar-refractivity contribution in [1.29, 1.82) is 0 Å². The summed E-state index contributed by atoms with van der Waals surface area (Å²) in [5.74, 6) is 1.31. The van der Waals surface area contributed by atoms with Crippen LogP contribution in [0.15, 0.2) is 24.3 Å². The molecule has 0 N–H and O–H groups in total. The predicted molar refractivity (Wildman–Crippen MR) is 103 cm³/mol. The van der Waals surface area contributed by atoms with Gasteiger partial charge in [-0.1, -0.05) is 11.6 Å². The average Bonchev–Trinajstić information content (AvgIpc) is 2.62. The minimum atomic E-state index is 0.132. The third-order valence-corrected chi connectivity index (χ3v) is 5.41. The Bertz CT molecular complexity index is 577. The molecule has 2 aliphatic heterocycles. The van der Waals surface area contributed by atoms with Crippen LogP contribution in [-0.4, -0.2) is 67.2 Å². The maximum absolute atomic E-state index is 12.8. The zero-order chi connectivity index (χ0) is 18.5. The lowest BCUT2D eigenvalue weighted by Crippen LogP contribution is -2.51. The lowest BCUT2D eigenvalue weighted by Gasteiger charge is -2.39. The summed E-state index contributed by atoms with van der Waals surface area (Å²) < 4.78 is 11.5. The molecule has 1 aromatic rings. The van der Waals surface area contributed by atoms with E-state index in [4.69, 9.17) is 21.1 Å². The van der Waals surface area contributed by atoms with Crippen LogP contribution in [0.25, 0.3) is 0 Å². The lowest BCUT2D eigenvalue weighted by atomic mass is 9.94. The third-order valence-electron chi connectivity index (χ3n) is 5.16. The monoisotopic (exact) mass is 380 g/mol. The summed E-state index contributed by atoms with van der Waals surface area (Å²) >= 11 is 5.88. The van der Waals surface area contributed by atoms with Crippen LogP contribution >= 0.6 is 11.6 Å². The molecule has 2 saturated heterocycles. The molecule has 2 aliphatic rings. The smallest absolute Gasteiger partial charge is 0.225 e. The van der Waals surface area contributed by atoms with Crippen molar-refractivity contribution in [3.63, 3.8) is 0 Å². The minimum Gasteiger partial charge on any atom is -0.492 e. The Morgan fingerprint density at radius 2 is 1.77 bits per heavy atom. The van der Waals surface area contributed by atoms with Gasteiger partial charge in [-0.2, -0.15) is 0 Å².